The zero-order valence-electron chi connectivity index (χ0n) is 13.9. The molecular weight excluding hydrogens is 330 g/mol. The molecule has 1 heterocycles. The summed E-state index contributed by atoms with van der Waals surface area (Å²) >= 11 is 0. The Bertz CT molecular complexity index is 815. The Kier molecular flexibility index (Phi) is 8.91. The molecular formula is C19H17N5O2. The lowest BCUT2D eigenvalue weighted by atomic mass is 10.2. The summed E-state index contributed by atoms with van der Waals surface area (Å²) in [6, 6.07) is 7.33. The van der Waals surface area contributed by atoms with Crippen molar-refractivity contribution in [3.8, 4) is 5.75 Å². The van der Waals surface area contributed by atoms with E-state index < -0.39 is 0 Å². The van der Waals surface area contributed by atoms with E-state index >= 15 is 0 Å². The van der Waals surface area contributed by atoms with Gasteiger partial charge in [0.05, 0.1) is 11.5 Å². The summed E-state index contributed by atoms with van der Waals surface area (Å²) in [4.78, 5) is 9.71. The van der Waals surface area contributed by atoms with Crippen molar-refractivity contribution in [1.29, 1.82) is 0 Å². The minimum absolute atomic E-state index is 0.489. The Morgan fingerprint density at radius 1 is 0.615 bits per heavy atom. The van der Waals surface area contributed by atoms with Crippen LogP contribution in [0.3, 0.4) is 0 Å². The first kappa shape index (κ1) is 18.5. The maximum absolute atomic E-state index is 5.08. The zero-order chi connectivity index (χ0) is 18.1. The molecule has 1 aromatic carbocycles. The number of hydrogen-bond donors (Lipinski definition) is 0. The van der Waals surface area contributed by atoms with Crippen molar-refractivity contribution in [3.05, 3.63) is 96.7 Å². The fourth-order valence-corrected chi connectivity index (χ4v) is 1.68. The summed E-state index contributed by atoms with van der Waals surface area (Å²) in [7, 11) is 0. The fraction of sp³-hybridized carbons (Fsp3) is 0. The molecule has 0 fully saturated rings. The molecule has 26 heavy (non-hydrogen) atoms. The van der Waals surface area contributed by atoms with Gasteiger partial charge in [0.15, 0.2) is 5.75 Å². The molecule has 0 saturated carbocycles. The predicted molar refractivity (Wildman–Crippen MR) is 101 cm³/mol. The highest BCUT2D eigenvalue weighted by atomic mass is 17.3. The van der Waals surface area contributed by atoms with Crippen LogP contribution in [0.2, 0.25) is 0 Å². The minimum Gasteiger partial charge on any atom is -0.265 e. The Balaban J connectivity index is 2.10. The van der Waals surface area contributed by atoms with Crippen molar-refractivity contribution in [2.45, 2.75) is 0 Å². The Morgan fingerprint density at radius 2 is 1.27 bits per heavy atom. The lowest BCUT2D eigenvalue weighted by Crippen LogP contribution is -1.91. The Hall–Kier alpha value is -3.87. The number of para-hydroxylation sites is 1. The van der Waals surface area contributed by atoms with Crippen molar-refractivity contribution in [1.82, 2.24) is 0 Å². The van der Waals surface area contributed by atoms with E-state index in [0.717, 1.165) is 5.56 Å². The third-order valence-electron chi connectivity index (χ3n) is 2.79. The summed E-state index contributed by atoms with van der Waals surface area (Å²) in [6.45, 7) is 0. The molecule has 1 aliphatic rings. The van der Waals surface area contributed by atoms with Gasteiger partial charge in [-0.15, -0.1) is 10.1 Å². The van der Waals surface area contributed by atoms with Gasteiger partial charge in [0.25, 0.3) is 0 Å². The average Bonchev–Trinajstić information content (AvgIpc) is 2.66. The van der Waals surface area contributed by atoms with Crippen LogP contribution in [-0.2, 0) is 4.99 Å². The highest BCUT2D eigenvalue weighted by Crippen LogP contribution is 2.19. The SMILES string of the molecule is C1=C\C=C/C=C\C=N/N=N\N=N/OOc2ccccc2/C=C\C=C\C=C1. The van der Waals surface area contributed by atoms with E-state index in [1.807, 2.05) is 79.0 Å². The molecule has 0 amide bonds. The van der Waals surface area contributed by atoms with Gasteiger partial charge in [-0.3, -0.25) is 4.89 Å². The van der Waals surface area contributed by atoms with Crippen molar-refractivity contribution in [2.75, 3.05) is 0 Å². The molecule has 0 saturated heterocycles. The second kappa shape index (κ2) is 12.5. The Labute approximate surface area is 151 Å². The molecule has 1 aliphatic heterocycles. The van der Waals surface area contributed by atoms with E-state index in [4.69, 9.17) is 4.89 Å². The molecule has 130 valence electrons. The molecule has 7 heteroatoms. The van der Waals surface area contributed by atoms with E-state index in [1.54, 1.807) is 18.2 Å². The molecule has 0 spiro atoms. The molecule has 1 aromatic rings. The van der Waals surface area contributed by atoms with Gasteiger partial charge in [-0.1, -0.05) is 85.0 Å². The van der Waals surface area contributed by atoms with E-state index in [2.05, 4.69) is 31.0 Å². The standard InChI is InChI=1S/C19H17N5O2/c1-2-4-6-8-10-14-18-15-11-12-16-19(18)25-26-24-23-22-21-20-17-13-9-7-5-3-1/h1-17H/b3-1?,4-2?,7-5-,8-6+,13-9-,14-10-,20-17-,22-21-,24-23-. The van der Waals surface area contributed by atoms with Gasteiger partial charge < -0.3 is 0 Å². The van der Waals surface area contributed by atoms with Gasteiger partial charge in [-0.05, 0) is 22.6 Å². The topological polar surface area (TPSA) is 80.3 Å². The highest BCUT2D eigenvalue weighted by Gasteiger charge is 2.00. The van der Waals surface area contributed by atoms with Crippen LogP contribution in [0.25, 0.3) is 6.08 Å². The van der Waals surface area contributed by atoms with Gasteiger partial charge in [0.2, 0.25) is 0 Å². The summed E-state index contributed by atoms with van der Waals surface area (Å²) in [6.07, 6.45) is 24.0. The summed E-state index contributed by atoms with van der Waals surface area (Å²) < 4.78 is 0. The number of nitrogens with zero attached hydrogens (tertiary/aromatic N) is 5. The first-order valence-corrected chi connectivity index (χ1v) is 7.73. The van der Waals surface area contributed by atoms with Crippen LogP contribution < -0.4 is 4.89 Å². The molecule has 2 rings (SSSR count). The molecule has 0 aromatic heterocycles. The van der Waals surface area contributed by atoms with Crippen molar-refractivity contribution in [3.63, 3.8) is 0 Å². The molecule has 0 N–H and O–H groups in total. The van der Waals surface area contributed by atoms with Gasteiger partial charge in [0, 0.05) is 10.8 Å². The van der Waals surface area contributed by atoms with Crippen LogP contribution >= 0.6 is 0 Å². The summed E-state index contributed by atoms with van der Waals surface area (Å²) in [5.74, 6) is 0.489. The van der Waals surface area contributed by atoms with Gasteiger partial charge in [0.1, 0.15) is 0 Å². The molecule has 0 unspecified atom stereocenters. The lowest BCUT2D eigenvalue weighted by molar-refractivity contribution is -0.216. The maximum atomic E-state index is 5.08. The van der Waals surface area contributed by atoms with Crippen LogP contribution in [0.5, 0.6) is 5.75 Å². The Morgan fingerprint density at radius 3 is 2.04 bits per heavy atom. The van der Waals surface area contributed by atoms with Gasteiger partial charge in [-0.25, -0.2) is 0 Å². The van der Waals surface area contributed by atoms with Crippen LogP contribution in [-0.4, -0.2) is 6.21 Å². The first-order chi connectivity index (χ1) is 13.0. The smallest absolute Gasteiger partial charge is 0.188 e. The van der Waals surface area contributed by atoms with E-state index in [9.17, 15) is 0 Å². The summed E-state index contributed by atoms with van der Waals surface area (Å²) in [5.41, 5.74) is 0.821. The largest absolute Gasteiger partial charge is 0.265 e. The second-order valence-electron chi connectivity index (χ2n) is 4.59. The number of benzene rings is 1. The van der Waals surface area contributed by atoms with Crippen LogP contribution in [0.15, 0.2) is 117 Å². The highest BCUT2D eigenvalue weighted by molar-refractivity contribution is 5.71. The average molecular weight is 347 g/mol. The van der Waals surface area contributed by atoms with E-state index in [-0.39, 0.29) is 0 Å². The molecule has 0 radical (unpaired) electrons. The zero-order valence-corrected chi connectivity index (χ0v) is 13.9. The normalized spacial score (nSPS) is 23.5. The minimum atomic E-state index is 0.489. The van der Waals surface area contributed by atoms with Crippen molar-refractivity contribution in [2.24, 2.45) is 26.0 Å². The third-order valence-corrected chi connectivity index (χ3v) is 2.79. The van der Waals surface area contributed by atoms with Crippen molar-refractivity contribution >= 4 is 12.3 Å². The number of rotatable bonds is 0. The summed E-state index contributed by atoms with van der Waals surface area (Å²) in [5, 5.41) is 16.9. The monoisotopic (exact) mass is 347 g/mol. The predicted octanol–water partition coefficient (Wildman–Crippen LogP) is 5.53. The van der Waals surface area contributed by atoms with Gasteiger partial charge in [-0.2, -0.15) is 0 Å². The van der Waals surface area contributed by atoms with Crippen LogP contribution in [0.1, 0.15) is 5.56 Å². The number of fused-ring (bicyclic) bond motifs is 1. The quantitative estimate of drug-likeness (QED) is 0.579. The first-order valence-electron chi connectivity index (χ1n) is 7.73. The van der Waals surface area contributed by atoms with Crippen LogP contribution in [0.4, 0.5) is 0 Å². The molecule has 0 aliphatic carbocycles. The van der Waals surface area contributed by atoms with Crippen LogP contribution in [0, 0.1) is 0 Å². The maximum Gasteiger partial charge on any atom is 0.188 e. The molecule has 7 nitrogen and oxygen atoms in total. The van der Waals surface area contributed by atoms with E-state index in [1.165, 1.54) is 6.21 Å². The molecule has 0 bridgehead atoms. The third kappa shape index (κ3) is 8.11. The van der Waals surface area contributed by atoms with Gasteiger partial charge >= 0.3 is 0 Å². The molecule has 0 atom stereocenters. The van der Waals surface area contributed by atoms with Crippen molar-refractivity contribution < 1.29 is 9.88 Å². The number of allylic oxidation sites excluding steroid dienone is 11. The number of hydrogen-bond acceptors (Lipinski definition) is 7. The second-order valence-corrected chi connectivity index (χ2v) is 4.59. The fourth-order valence-electron chi connectivity index (χ4n) is 1.68. The lowest BCUT2D eigenvalue weighted by Gasteiger charge is -2.02. The van der Waals surface area contributed by atoms with E-state index in [0.29, 0.717) is 5.75 Å².